The Balaban J connectivity index is 0.578. The first kappa shape index (κ1) is 111. The summed E-state index contributed by atoms with van der Waals surface area (Å²) in [6.07, 6.45) is 19.9. The molecule has 0 unspecified atom stereocenters. The maximum absolute atomic E-state index is 12.9. The number of anilines is 1. The minimum Gasteiger partial charge on any atom is -0.493 e. The molecular weight excluding hydrogens is 1650 g/mol. The second kappa shape index (κ2) is 68.4. The number of aliphatic hydroxyl groups excluding tert-OH is 2. The van der Waals surface area contributed by atoms with Gasteiger partial charge in [-0.1, -0.05) is 105 Å². The van der Waals surface area contributed by atoms with Crippen molar-refractivity contribution in [3.63, 3.8) is 0 Å². The van der Waals surface area contributed by atoms with Crippen LogP contribution in [0.15, 0.2) is 18.2 Å². The first-order valence-electron chi connectivity index (χ1n) is 48.3. The molecule has 0 radical (unpaired) electrons. The number of amides is 3. The number of aryl methyl sites for hydroxylation is 2. The quantitative estimate of drug-likeness (QED) is 0.0256. The van der Waals surface area contributed by atoms with Crippen LogP contribution >= 0.6 is 0 Å². The van der Waals surface area contributed by atoms with Gasteiger partial charge in [0.05, 0.1) is 249 Å². The molecule has 3 atom stereocenters. The number of ether oxygens (including phenoxy) is 18. The molecule has 2 aliphatic heterocycles. The van der Waals surface area contributed by atoms with E-state index in [0.29, 0.717) is 281 Å². The molecule has 3 amide bonds. The number of fused-ring (bicyclic) bond motifs is 4. The first-order chi connectivity index (χ1) is 62.3. The summed E-state index contributed by atoms with van der Waals surface area (Å²) in [6, 6.07) is 6.37. The Morgan fingerprint density at radius 2 is 0.961 bits per heavy atom. The number of carbonyl (C=O) groups excluding carboxylic acids is 3. The van der Waals surface area contributed by atoms with Crippen LogP contribution in [0.3, 0.4) is 0 Å². The lowest BCUT2D eigenvalue weighted by Crippen LogP contribution is -2.49. The maximum Gasteiger partial charge on any atom is 0.224 e. The summed E-state index contributed by atoms with van der Waals surface area (Å²) in [7, 11) is 0. The van der Waals surface area contributed by atoms with Crippen molar-refractivity contribution in [1.82, 2.24) is 35.0 Å². The predicted octanol–water partition coefficient (Wildman–Crippen LogP) is 11.2. The van der Waals surface area contributed by atoms with Crippen LogP contribution in [0.4, 0.5) is 5.82 Å². The van der Waals surface area contributed by atoms with E-state index in [4.69, 9.17) is 101 Å². The van der Waals surface area contributed by atoms with Crippen LogP contribution in [0.1, 0.15) is 191 Å². The standard InChI is InChI=1S/C97H168N8O23/c1-11-12-24-87-102-91-92(105(87)74-96(9,75-106)76-107)85-27-26-83(73-86(85)101-95(91)98)23-16-35-103-36-38-104(39-37-103)90(110)30-42-112-46-50-116-54-57-119-59-61-121-63-65-123-67-69-125-71-72-126-70-68-124-66-64-122-62-60-120-58-56-118-52-48-114-44-34-100-89(109)29-41-111-45-49-115-53-55-117-51-47-113-43-33-99-88(108)25-17-40-127-93-80(6)81(7)94-84(82(93)8)28-32-97(10,128-94)31-15-22-79(5)21-14-20-78(4)19-13-18-77(2)3/h26-27,73,77-79,106-107H,11-25,28-72,74-76H2,1-10H3,(H2,98,101)(H,99,108)(H,100,109)/t78-,79-,97-/m1/s1. The average Bonchev–Trinajstić information content (AvgIpc) is 1.55. The van der Waals surface area contributed by atoms with E-state index in [1.165, 1.54) is 62.5 Å². The number of unbranched alkanes of at least 4 members (excludes halogenated alkanes) is 1. The van der Waals surface area contributed by atoms with Gasteiger partial charge in [-0.05, 0) is 132 Å². The summed E-state index contributed by atoms with van der Waals surface area (Å²) in [5.74, 6) is 5.64. The van der Waals surface area contributed by atoms with E-state index in [0.717, 1.165) is 139 Å². The van der Waals surface area contributed by atoms with Gasteiger partial charge < -0.3 is 121 Å². The lowest BCUT2D eigenvalue weighted by Gasteiger charge is -2.38. The van der Waals surface area contributed by atoms with E-state index >= 15 is 0 Å². The Morgan fingerprint density at radius 1 is 0.516 bits per heavy atom. The minimum atomic E-state index is -0.714. The van der Waals surface area contributed by atoms with Crippen molar-refractivity contribution in [3.8, 4) is 11.5 Å². The molecule has 6 rings (SSSR count). The summed E-state index contributed by atoms with van der Waals surface area (Å²) in [5, 5.41) is 27.0. The van der Waals surface area contributed by atoms with Crippen LogP contribution in [0.5, 0.6) is 11.5 Å². The number of imidazole rings is 1. The zero-order valence-electron chi connectivity index (χ0n) is 80.3. The predicted molar refractivity (Wildman–Crippen MR) is 497 cm³/mol. The van der Waals surface area contributed by atoms with Gasteiger partial charge in [0.1, 0.15) is 28.4 Å². The van der Waals surface area contributed by atoms with Crippen molar-refractivity contribution in [2.75, 3.05) is 283 Å². The third-order valence-electron chi connectivity index (χ3n) is 23.5. The molecule has 0 aliphatic carbocycles. The summed E-state index contributed by atoms with van der Waals surface area (Å²) in [6.45, 7) is 41.4. The highest BCUT2D eigenvalue weighted by Gasteiger charge is 2.35. The average molecular weight is 1810 g/mol. The van der Waals surface area contributed by atoms with Crippen molar-refractivity contribution in [2.45, 2.75) is 210 Å². The van der Waals surface area contributed by atoms with Gasteiger partial charge in [0.25, 0.3) is 0 Å². The zero-order chi connectivity index (χ0) is 91.9. The molecule has 6 N–H and O–H groups in total. The Labute approximate surface area is 765 Å². The molecule has 1 saturated heterocycles. The topological polar surface area (TPSA) is 345 Å². The number of nitrogens with two attached hydrogens (primary N) is 1. The number of carbonyl (C=O) groups is 3. The Bertz CT molecular complexity index is 3570. The van der Waals surface area contributed by atoms with Crippen LogP contribution in [0, 0.1) is 43.9 Å². The second-order valence-corrected chi connectivity index (χ2v) is 35.1. The van der Waals surface area contributed by atoms with Gasteiger partial charge in [-0.2, -0.15) is 0 Å². The fourth-order valence-corrected chi connectivity index (χ4v) is 15.5. The molecular formula is C97H168N8O23. The Kier molecular flexibility index (Phi) is 59.4. The Morgan fingerprint density at radius 3 is 1.43 bits per heavy atom. The Hall–Kier alpha value is -5.63. The van der Waals surface area contributed by atoms with Gasteiger partial charge in [-0.15, -0.1) is 0 Å². The molecule has 4 heterocycles. The second-order valence-electron chi connectivity index (χ2n) is 35.1. The minimum absolute atomic E-state index is 0.0217. The number of rotatable bonds is 82. The number of piperazine rings is 1. The third kappa shape index (κ3) is 46.8. The summed E-state index contributed by atoms with van der Waals surface area (Å²) >= 11 is 0. The van der Waals surface area contributed by atoms with Gasteiger partial charge in [0.15, 0.2) is 5.82 Å². The number of pyridine rings is 1. The first-order valence-corrected chi connectivity index (χ1v) is 48.3. The number of hydrogen-bond acceptors (Lipinski definition) is 27. The smallest absolute Gasteiger partial charge is 0.224 e. The summed E-state index contributed by atoms with van der Waals surface area (Å²) in [5.41, 5.74) is 13.9. The SMILES string of the molecule is CCCCc1nc2c(N)nc3cc(CCCN4CCN(C(=O)CCOCCOCCOCCOCCOCCOCCOCCOCCOCCOCCOCCOCCNC(=O)CCOCCOCCOCCOCCNC(=O)CCCOc5c(C)c(C)c6c(c5C)CC[C@@](C)(CCC[C@H](C)CCC[C@H](C)CCCC(C)C)O6)CC4)ccc3c2n1CC(C)(CO)CO. The molecule has 0 bridgehead atoms. The van der Waals surface area contributed by atoms with E-state index in [-0.39, 0.29) is 43.0 Å². The number of nitrogens with zero attached hydrogens (tertiary/aromatic N) is 5. The van der Waals surface area contributed by atoms with Crippen molar-refractivity contribution >= 4 is 45.5 Å². The molecule has 0 saturated carbocycles. The number of hydrogen-bond donors (Lipinski definition) is 5. The van der Waals surface area contributed by atoms with E-state index in [1.54, 1.807) is 0 Å². The fraction of sp³-hybridized carbons (Fsp3) is 0.804. The molecule has 2 aromatic heterocycles. The van der Waals surface area contributed by atoms with Gasteiger partial charge in [0, 0.05) is 81.4 Å². The molecule has 128 heavy (non-hydrogen) atoms. The normalized spacial score (nSPS) is 15.0. The zero-order valence-corrected chi connectivity index (χ0v) is 80.3. The van der Waals surface area contributed by atoms with Gasteiger partial charge in [-0.25, -0.2) is 9.97 Å². The number of nitrogens with one attached hydrogen (secondary N) is 2. The number of aliphatic hydroxyl groups is 2. The van der Waals surface area contributed by atoms with E-state index in [1.807, 2.05) is 11.8 Å². The molecule has 1 fully saturated rings. The van der Waals surface area contributed by atoms with Crippen LogP contribution in [-0.2, 0) is 116 Å². The maximum atomic E-state index is 12.9. The lowest BCUT2D eigenvalue weighted by molar-refractivity contribution is -0.134. The van der Waals surface area contributed by atoms with E-state index < -0.39 is 5.41 Å². The molecule has 2 aliphatic rings. The lowest BCUT2D eigenvalue weighted by atomic mass is 9.83. The summed E-state index contributed by atoms with van der Waals surface area (Å²) in [4.78, 5) is 51.7. The van der Waals surface area contributed by atoms with Crippen molar-refractivity contribution in [3.05, 3.63) is 51.8 Å². The number of nitrogen functional groups attached to an aromatic ring is 1. The highest BCUT2D eigenvalue weighted by Crippen LogP contribution is 2.45. The van der Waals surface area contributed by atoms with Crippen LogP contribution in [0.25, 0.3) is 21.9 Å². The largest absolute Gasteiger partial charge is 0.493 e. The van der Waals surface area contributed by atoms with E-state index in [9.17, 15) is 24.6 Å². The molecule has 31 heteroatoms. The van der Waals surface area contributed by atoms with Gasteiger partial charge in [-0.3, -0.25) is 19.3 Å². The molecule has 4 aromatic rings. The molecule has 734 valence electrons. The molecule has 2 aromatic carbocycles. The molecule has 0 spiro atoms. The highest BCUT2D eigenvalue weighted by atomic mass is 16.6. The van der Waals surface area contributed by atoms with Crippen LogP contribution in [-0.4, -0.2) is 335 Å². The number of benzene rings is 2. The summed E-state index contributed by atoms with van der Waals surface area (Å²) < 4.78 is 105. The van der Waals surface area contributed by atoms with Gasteiger partial charge >= 0.3 is 0 Å². The third-order valence-corrected chi connectivity index (χ3v) is 23.5. The van der Waals surface area contributed by atoms with E-state index in [2.05, 4.69) is 101 Å². The molecule has 31 nitrogen and oxygen atoms in total. The highest BCUT2D eigenvalue weighted by molar-refractivity contribution is 6.06. The van der Waals surface area contributed by atoms with Crippen molar-refractivity contribution in [2.24, 2.45) is 23.2 Å². The van der Waals surface area contributed by atoms with Crippen molar-refractivity contribution in [1.29, 1.82) is 0 Å². The van der Waals surface area contributed by atoms with Gasteiger partial charge in [0.2, 0.25) is 17.7 Å². The van der Waals surface area contributed by atoms with Crippen LogP contribution < -0.4 is 25.8 Å². The number of aromatic nitrogens is 3. The monoisotopic (exact) mass is 1810 g/mol. The van der Waals surface area contributed by atoms with Crippen molar-refractivity contribution < 1.29 is 110 Å². The fourth-order valence-electron chi connectivity index (χ4n) is 15.5. The van der Waals surface area contributed by atoms with Crippen LogP contribution in [0.2, 0.25) is 0 Å².